The first-order valence-electron chi connectivity index (χ1n) is 5.42. The number of carboxylic acid groups (broad SMARTS) is 1. The maximum atomic E-state index is 10.7. The fourth-order valence-corrected chi connectivity index (χ4v) is 1.99. The Morgan fingerprint density at radius 3 is 2.61 bits per heavy atom. The first kappa shape index (κ1) is 12.7. The minimum atomic E-state index is -0.918. The number of oxazole rings is 1. The van der Waals surface area contributed by atoms with E-state index in [4.69, 9.17) is 9.52 Å². The topological polar surface area (TPSA) is 63.3 Å². The summed E-state index contributed by atoms with van der Waals surface area (Å²) in [6.45, 7) is 1.75. The second-order valence-electron chi connectivity index (χ2n) is 3.83. The molecule has 0 radical (unpaired) electrons. The van der Waals surface area contributed by atoms with Gasteiger partial charge in [0.05, 0.1) is 5.69 Å². The van der Waals surface area contributed by atoms with Crippen molar-refractivity contribution in [1.82, 2.24) is 4.98 Å². The molecule has 0 aliphatic rings. The number of thioether (sulfide) groups is 1. The summed E-state index contributed by atoms with van der Waals surface area (Å²) in [5, 5.41) is 8.75. The van der Waals surface area contributed by atoms with Crippen molar-refractivity contribution in [2.45, 2.75) is 18.2 Å². The van der Waals surface area contributed by atoms with Crippen molar-refractivity contribution < 1.29 is 14.3 Å². The normalized spacial score (nSPS) is 10.6. The third-order valence-corrected chi connectivity index (χ3v) is 3.28. The van der Waals surface area contributed by atoms with E-state index in [1.54, 1.807) is 18.7 Å². The fourth-order valence-electron chi connectivity index (χ4n) is 1.59. The van der Waals surface area contributed by atoms with E-state index >= 15 is 0 Å². The fraction of sp³-hybridized carbons (Fsp3) is 0.231. The first-order chi connectivity index (χ1) is 8.60. The van der Waals surface area contributed by atoms with Gasteiger partial charge in [0.25, 0.3) is 0 Å². The van der Waals surface area contributed by atoms with Gasteiger partial charge >= 0.3 is 5.97 Å². The molecule has 0 atom stereocenters. The van der Waals surface area contributed by atoms with Crippen molar-refractivity contribution in [3.8, 4) is 11.5 Å². The average Bonchev–Trinajstić information content (AvgIpc) is 2.70. The van der Waals surface area contributed by atoms with Crippen molar-refractivity contribution >= 4 is 17.7 Å². The number of carbonyl (C=O) groups is 1. The zero-order valence-corrected chi connectivity index (χ0v) is 11.0. The monoisotopic (exact) mass is 263 g/mol. The van der Waals surface area contributed by atoms with Gasteiger partial charge in [0.1, 0.15) is 12.2 Å². The van der Waals surface area contributed by atoms with Crippen LogP contribution in [0.3, 0.4) is 0 Å². The van der Waals surface area contributed by atoms with Crippen LogP contribution in [-0.2, 0) is 11.2 Å². The Balaban J connectivity index is 2.30. The van der Waals surface area contributed by atoms with Gasteiger partial charge in [-0.25, -0.2) is 4.98 Å². The Labute approximate surface area is 109 Å². The third kappa shape index (κ3) is 2.73. The zero-order valence-electron chi connectivity index (χ0n) is 10.1. The molecule has 0 aliphatic heterocycles. The van der Waals surface area contributed by atoms with E-state index in [2.05, 4.69) is 4.98 Å². The predicted octanol–water partition coefficient (Wildman–Crippen LogP) is 3.00. The van der Waals surface area contributed by atoms with Crippen LogP contribution in [0, 0.1) is 6.92 Å². The van der Waals surface area contributed by atoms with E-state index < -0.39 is 5.97 Å². The van der Waals surface area contributed by atoms with Gasteiger partial charge in [-0.15, -0.1) is 11.8 Å². The number of aliphatic carboxylic acids is 1. The number of hydrogen-bond acceptors (Lipinski definition) is 4. The lowest BCUT2D eigenvalue weighted by Gasteiger charge is -1.97. The highest BCUT2D eigenvalue weighted by Gasteiger charge is 2.13. The quantitative estimate of drug-likeness (QED) is 0.859. The first-order valence-corrected chi connectivity index (χ1v) is 6.65. The molecule has 2 aromatic rings. The number of rotatable bonds is 4. The van der Waals surface area contributed by atoms with Crippen LogP contribution in [0.2, 0.25) is 0 Å². The molecule has 0 aliphatic carbocycles. The number of hydrogen-bond donors (Lipinski definition) is 1. The molecule has 1 aromatic carbocycles. The Bertz CT molecular complexity index is 560. The largest absolute Gasteiger partial charge is 0.481 e. The molecule has 0 saturated heterocycles. The van der Waals surface area contributed by atoms with Crippen LogP contribution in [0.4, 0.5) is 0 Å². The van der Waals surface area contributed by atoms with Crippen molar-refractivity contribution in [1.29, 1.82) is 0 Å². The van der Waals surface area contributed by atoms with Gasteiger partial charge in [0.2, 0.25) is 5.89 Å². The summed E-state index contributed by atoms with van der Waals surface area (Å²) in [6, 6.07) is 7.80. The predicted molar refractivity (Wildman–Crippen MR) is 69.8 cm³/mol. The Morgan fingerprint density at radius 1 is 1.39 bits per heavy atom. The van der Waals surface area contributed by atoms with Crippen LogP contribution in [0.1, 0.15) is 11.5 Å². The molecule has 4 nitrogen and oxygen atoms in total. The molecule has 0 unspecified atom stereocenters. The van der Waals surface area contributed by atoms with Gasteiger partial charge in [-0.3, -0.25) is 4.79 Å². The van der Waals surface area contributed by atoms with Crippen LogP contribution in [0.25, 0.3) is 11.5 Å². The van der Waals surface area contributed by atoms with Crippen LogP contribution >= 0.6 is 11.8 Å². The molecule has 94 valence electrons. The van der Waals surface area contributed by atoms with Gasteiger partial charge < -0.3 is 9.52 Å². The second-order valence-corrected chi connectivity index (χ2v) is 4.71. The van der Waals surface area contributed by atoms with Crippen LogP contribution in [0.5, 0.6) is 0 Å². The zero-order chi connectivity index (χ0) is 13.1. The number of aromatic nitrogens is 1. The smallest absolute Gasteiger partial charge is 0.311 e. The Kier molecular flexibility index (Phi) is 3.72. The van der Waals surface area contributed by atoms with Gasteiger partial charge in [-0.2, -0.15) is 0 Å². The molecule has 1 N–H and O–H groups in total. The van der Waals surface area contributed by atoms with E-state index in [0.29, 0.717) is 17.3 Å². The van der Waals surface area contributed by atoms with Crippen LogP contribution in [0.15, 0.2) is 33.6 Å². The maximum absolute atomic E-state index is 10.7. The number of benzene rings is 1. The summed E-state index contributed by atoms with van der Waals surface area (Å²) in [7, 11) is 0. The molecular weight excluding hydrogens is 250 g/mol. The summed E-state index contributed by atoms with van der Waals surface area (Å²) in [6.07, 6.45) is 1.87. The molecule has 0 spiro atoms. The summed E-state index contributed by atoms with van der Waals surface area (Å²) < 4.78 is 5.49. The summed E-state index contributed by atoms with van der Waals surface area (Å²) in [5.74, 6) is -0.0404. The molecule has 5 heteroatoms. The summed E-state index contributed by atoms with van der Waals surface area (Å²) in [5.41, 5.74) is 1.48. The third-order valence-electron chi connectivity index (χ3n) is 2.54. The Morgan fingerprint density at radius 2 is 2.06 bits per heavy atom. The highest BCUT2D eigenvalue weighted by Crippen LogP contribution is 2.24. The molecule has 0 saturated carbocycles. The van der Waals surface area contributed by atoms with Crippen molar-refractivity contribution in [2.75, 3.05) is 6.26 Å². The van der Waals surface area contributed by atoms with Gasteiger partial charge in [0, 0.05) is 10.5 Å². The molecule has 0 fully saturated rings. The van der Waals surface area contributed by atoms with E-state index in [0.717, 1.165) is 10.5 Å². The number of nitrogens with zero attached hydrogens (tertiary/aromatic N) is 1. The number of aryl methyl sites for hydroxylation is 1. The highest BCUT2D eigenvalue weighted by molar-refractivity contribution is 7.98. The van der Waals surface area contributed by atoms with E-state index in [-0.39, 0.29) is 6.42 Å². The van der Waals surface area contributed by atoms with Gasteiger partial charge in [-0.05, 0) is 37.4 Å². The molecule has 0 bridgehead atoms. The lowest BCUT2D eigenvalue weighted by molar-refractivity contribution is -0.136. The highest BCUT2D eigenvalue weighted by atomic mass is 32.2. The Hall–Kier alpha value is -1.75. The van der Waals surface area contributed by atoms with Gasteiger partial charge in [-0.1, -0.05) is 0 Å². The lowest BCUT2D eigenvalue weighted by atomic mass is 10.2. The molecule has 1 aromatic heterocycles. The van der Waals surface area contributed by atoms with E-state index in [9.17, 15) is 4.79 Å². The number of carboxylic acids is 1. The van der Waals surface area contributed by atoms with Crippen molar-refractivity contribution in [3.63, 3.8) is 0 Å². The lowest BCUT2D eigenvalue weighted by Crippen LogP contribution is -1.99. The molecule has 2 rings (SSSR count). The molecule has 1 heterocycles. The maximum Gasteiger partial charge on any atom is 0.311 e. The molecule has 18 heavy (non-hydrogen) atoms. The standard InChI is InChI=1S/C13H13NO3S/c1-8-11(7-12(15)16)17-13(14-8)9-3-5-10(18-2)6-4-9/h3-6H,7H2,1-2H3,(H,15,16). The summed E-state index contributed by atoms with van der Waals surface area (Å²) >= 11 is 1.66. The second kappa shape index (κ2) is 5.27. The minimum absolute atomic E-state index is 0.137. The van der Waals surface area contributed by atoms with Crippen molar-refractivity contribution in [2.24, 2.45) is 0 Å². The van der Waals surface area contributed by atoms with Crippen LogP contribution < -0.4 is 0 Å². The summed E-state index contributed by atoms with van der Waals surface area (Å²) in [4.78, 5) is 16.1. The molecular formula is C13H13NO3S. The minimum Gasteiger partial charge on any atom is -0.481 e. The van der Waals surface area contributed by atoms with Crippen LogP contribution in [-0.4, -0.2) is 22.3 Å². The SMILES string of the molecule is CSc1ccc(-c2nc(C)c(CC(=O)O)o2)cc1. The van der Waals surface area contributed by atoms with E-state index in [1.165, 1.54) is 0 Å². The average molecular weight is 263 g/mol. The van der Waals surface area contributed by atoms with E-state index in [1.807, 2.05) is 30.5 Å². The molecule has 0 amide bonds. The van der Waals surface area contributed by atoms with Gasteiger partial charge in [0.15, 0.2) is 0 Å². The van der Waals surface area contributed by atoms with Crippen molar-refractivity contribution in [3.05, 3.63) is 35.7 Å².